The summed E-state index contributed by atoms with van der Waals surface area (Å²) in [6, 6.07) is 52.8. The number of aromatic nitrogens is 3. The van der Waals surface area contributed by atoms with Crippen molar-refractivity contribution < 1.29 is 4.42 Å². The number of rotatable bonds is 5. The predicted octanol–water partition coefficient (Wildman–Crippen LogP) is 12.5. The molecule has 0 unspecified atom stereocenters. The summed E-state index contributed by atoms with van der Waals surface area (Å²) in [6.07, 6.45) is 3.64. The number of hydrogen-bond acceptors (Lipinski definition) is 5. The molecule has 0 atom stereocenters. The molecule has 0 fully saturated rings. The first-order chi connectivity index (χ1) is 24.8. The van der Waals surface area contributed by atoms with E-state index in [1.165, 1.54) is 25.7 Å². The Kier molecular flexibility index (Phi) is 6.64. The van der Waals surface area contributed by atoms with E-state index in [-0.39, 0.29) is 0 Å². The molecule has 0 spiro atoms. The summed E-state index contributed by atoms with van der Waals surface area (Å²) in [5.41, 5.74) is 10.8. The fourth-order valence-corrected chi connectivity index (χ4v) is 8.27. The Balaban J connectivity index is 1.20. The number of thiophene rings is 1. The van der Waals surface area contributed by atoms with Crippen LogP contribution in [0, 0.1) is 0 Å². The second-order valence-electron chi connectivity index (χ2n) is 12.4. The van der Waals surface area contributed by atoms with Crippen molar-refractivity contribution in [1.29, 1.82) is 0 Å². The normalized spacial score (nSPS) is 11.6. The Morgan fingerprint density at radius 3 is 2.00 bits per heavy atom. The van der Waals surface area contributed by atoms with Crippen molar-refractivity contribution in [3.05, 3.63) is 164 Å². The molecule has 4 aromatic heterocycles. The van der Waals surface area contributed by atoms with Crippen LogP contribution in [0.1, 0.15) is 0 Å². The molecule has 6 aromatic carbocycles. The molecule has 0 aliphatic rings. The summed E-state index contributed by atoms with van der Waals surface area (Å²) >= 11 is 1.84. The predicted molar refractivity (Wildman–Crippen MR) is 207 cm³/mol. The molecule has 0 saturated heterocycles. The second-order valence-corrected chi connectivity index (χ2v) is 13.4. The average molecular weight is 658 g/mol. The van der Waals surface area contributed by atoms with Gasteiger partial charge in [-0.3, -0.25) is 4.98 Å². The molecule has 0 aliphatic carbocycles. The summed E-state index contributed by atoms with van der Waals surface area (Å²) in [6.45, 7) is 0. The van der Waals surface area contributed by atoms with E-state index >= 15 is 0 Å². The minimum atomic E-state index is 0.666. The van der Waals surface area contributed by atoms with Gasteiger partial charge in [0, 0.05) is 65.6 Å². The van der Waals surface area contributed by atoms with Crippen LogP contribution in [-0.2, 0) is 0 Å². The van der Waals surface area contributed by atoms with E-state index in [1.807, 2.05) is 66.2 Å². The maximum absolute atomic E-state index is 6.76. The number of pyridine rings is 1. The van der Waals surface area contributed by atoms with Gasteiger partial charge in [0.25, 0.3) is 0 Å². The third-order valence-corrected chi connectivity index (χ3v) is 10.7. The number of benzene rings is 6. The molecule has 10 aromatic rings. The lowest BCUT2D eigenvalue weighted by molar-refractivity contribution is 0.670. The van der Waals surface area contributed by atoms with E-state index < -0.39 is 0 Å². The van der Waals surface area contributed by atoms with E-state index in [2.05, 4.69) is 114 Å². The van der Waals surface area contributed by atoms with Gasteiger partial charge in [0.2, 0.25) is 0 Å². The van der Waals surface area contributed by atoms with Gasteiger partial charge in [0.05, 0.1) is 11.4 Å². The van der Waals surface area contributed by atoms with Crippen molar-refractivity contribution in [3.8, 4) is 56.2 Å². The van der Waals surface area contributed by atoms with Gasteiger partial charge in [0.1, 0.15) is 11.2 Å². The highest BCUT2D eigenvalue weighted by molar-refractivity contribution is 7.26. The molecule has 0 saturated carbocycles. The van der Waals surface area contributed by atoms with Gasteiger partial charge in [0.15, 0.2) is 5.82 Å². The minimum Gasteiger partial charge on any atom is -0.455 e. The first-order valence-corrected chi connectivity index (χ1v) is 17.4. The van der Waals surface area contributed by atoms with Crippen molar-refractivity contribution in [2.24, 2.45) is 0 Å². The van der Waals surface area contributed by atoms with Crippen LogP contribution in [0.15, 0.2) is 168 Å². The molecule has 50 heavy (non-hydrogen) atoms. The Morgan fingerprint density at radius 1 is 0.460 bits per heavy atom. The summed E-state index contributed by atoms with van der Waals surface area (Å²) < 4.78 is 9.33. The topological polar surface area (TPSA) is 51.8 Å². The first kappa shape index (κ1) is 28.6. The van der Waals surface area contributed by atoms with Crippen LogP contribution in [0.25, 0.3) is 98.3 Å². The van der Waals surface area contributed by atoms with Crippen LogP contribution >= 0.6 is 11.3 Å². The molecule has 0 N–H and O–H groups in total. The second kappa shape index (κ2) is 11.6. The zero-order chi connectivity index (χ0) is 33.0. The lowest BCUT2D eigenvalue weighted by atomic mass is 9.94. The Hall–Kier alpha value is -6.43. The molecule has 0 amide bonds. The number of furan rings is 1. The lowest BCUT2D eigenvalue weighted by Gasteiger charge is -2.12. The van der Waals surface area contributed by atoms with Gasteiger partial charge in [-0.15, -0.1) is 11.3 Å². The zero-order valence-corrected chi connectivity index (χ0v) is 27.6. The van der Waals surface area contributed by atoms with Crippen molar-refractivity contribution in [2.45, 2.75) is 0 Å². The SMILES string of the molecule is c1ccc(-c2nc(-c3ccc(-c4ccncc4)cc3)cc(-c3ccc(-c4cccc5c4sc4ccccc45)c4c3oc3ccccc34)n2)cc1. The molecule has 0 radical (unpaired) electrons. The maximum atomic E-state index is 6.76. The van der Waals surface area contributed by atoms with Gasteiger partial charge < -0.3 is 4.42 Å². The molecule has 10 rings (SSSR count). The maximum Gasteiger partial charge on any atom is 0.160 e. The van der Waals surface area contributed by atoms with Crippen molar-refractivity contribution >= 4 is 53.4 Å². The fraction of sp³-hybridized carbons (Fsp3) is 0. The molecular formula is C45H27N3OS. The van der Waals surface area contributed by atoms with Crippen LogP contribution in [-0.4, -0.2) is 15.0 Å². The van der Waals surface area contributed by atoms with Gasteiger partial charge in [-0.05, 0) is 53.1 Å². The fourth-order valence-electron chi connectivity index (χ4n) is 7.04. The summed E-state index contributed by atoms with van der Waals surface area (Å²) in [4.78, 5) is 14.5. The largest absolute Gasteiger partial charge is 0.455 e. The third kappa shape index (κ3) is 4.71. The van der Waals surface area contributed by atoms with Crippen molar-refractivity contribution in [1.82, 2.24) is 15.0 Å². The average Bonchev–Trinajstić information content (AvgIpc) is 3.78. The number of nitrogens with zero attached hydrogens (tertiary/aromatic N) is 3. The highest BCUT2D eigenvalue weighted by atomic mass is 32.1. The summed E-state index contributed by atoms with van der Waals surface area (Å²) in [5.74, 6) is 0.666. The molecular weight excluding hydrogens is 631 g/mol. The number of hydrogen-bond donors (Lipinski definition) is 0. The molecule has 5 heteroatoms. The standard InChI is InChI=1S/C45H27N3OS/c1-2-9-31(10-3-1)45-47-38(30-19-17-28(18-20-30)29-23-25-46-26-24-29)27-39(48-45)36-22-21-33(42-37-12-4-6-15-40(37)49-43(36)42)35-14-8-13-34-32-11-5-7-16-41(32)50-44(34)35/h1-27H. The molecule has 0 bridgehead atoms. The third-order valence-electron chi connectivity index (χ3n) is 9.45. The monoisotopic (exact) mass is 657 g/mol. The number of para-hydroxylation sites is 1. The Bertz CT molecular complexity index is 2860. The minimum absolute atomic E-state index is 0.666. The summed E-state index contributed by atoms with van der Waals surface area (Å²) in [5, 5.41) is 4.74. The van der Waals surface area contributed by atoms with E-state index in [0.29, 0.717) is 5.82 Å². The molecule has 234 valence electrons. The van der Waals surface area contributed by atoms with Gasteiger partial charge in [-0.25, -0.2) is 9.97 Å². The highest BCUT2D eigenvalue weighted by Gasteiger charge is 2.21. The van der Waals surface area contributed by atoms with E-state index in [0.717, 1.165) is 66.7 Å². The molecule has 0 aliphatic heterocycles. The van der Waals surface area contributed by atoms with Crippen molar-refractivity contribution in [3.63, 3.8) is 0 Å². The number of fused-ring (bicyclic) bond motifs is 6. The summed E-state index contributed by atoms with van der Waals surface area (Å²) in [7, 11) is 0. The van der Waals surface area contributed by atoms with Crippen molar-refractivity contribution in [2.75, 3.05) is 0 Å². The first-order valence-electron chi connectivity index (χ1n) is 16.6. The molecule has 4 heterocycles. The Labute approximate surface area is 292 Å². The van der Waals surface area contributed by atoms with Crippen LogP contribution < -0.4 is 0 Å². The van der Waals surface area contributed by atoms with Crippen LogP contribution in [0.3, 0.4) is 0 Å². The smallest absolute Gasteiger partial charge is 0.160 e. The van der Waals surface area contributed by atoms with Gasteiger partial charge in [-0.2, -0.15) is 0 Å². The Morgan fingerprint density at radius 2 is 1.14 bits per heavy atom. The van der Waals surface area contributed by atoms with Crippen LogP contribution in [0.4, 0.5) is 0 Å². The lowest BCUT2D eigenvalue weighted by Crippen LogP contribution is -1.96. The van der Waals surface area contributed by atoms with Crippen LogP contribution in [0.2, 0.25) is 0 Å². The van der Waals surface area contributed by atoms with Gasteiger partial charge >= 0.3 is 0 Å². The zero-order valence-electron chi connectivity index (χ0n) is 26.7. The van der Waals surface area contributed by atoms with E-state index in [9.17, 15) is 0 Å². The van der Waals surface area contributed by atoms with Gasteiger partial charge in [-0.1, -0.05) is 115 Å². The quantitative estimate of drug-likeness (QED) is 0.185. The molecule has 4 nitrogen and oxygen atoms in total. The van der Waals surface area contributed by atoms with E-state index in [1.54, 1.807) is 0 Å². The van der Waals surface area contributed by atoms with Crippen LogP contribution in [0.5, 0.6) is 0 Å². The highest BCUT2D eigenvalue weighted by Crippen LogP contribution is 2.46. The van der Waals surface area contributed by atoms with E-state index in [4.69, 9.17) is 14.4 Å².